The van der Waals surface area contributed by atoms with Crippen LogP contribution in [0.2, 0.25) is 0 Å². The minimum absolute atomic E-state index is 0.0527. The molecule has 0 bridgehead atoms. The quantitative estimate of drug-likeness (QED) is 0.524. The van der Waals surface area contributed by atoms with Crippen LogP contribution in [0, 0.1) is 5.92 Å². The minimum atomic E-state index is -0.424. The van der Waals surface area contributed by atoms with Gasteiger partial charge >= 0.3 is 5.97 Å². The molecule has 0 radical (unpaired) electrons. The normalized spacial score (nSPS) is 18.6. The zero-order valence-electron chi connectivity index (χ0n) is 17.8. The highest BCUT2D eigenvalue weighted by Crippen LogP contribution is 2.35. The topological polar surface area (TPSA) is 64.6 Å². The molecule has 5 heteroatoms. The van der Waals surface area contributed by atoms with Gasteiger partial charge in [0.1, 0.15) is 5.75 Å². The summed E-state index contributed by atoms with van der Waals surface area (Å²) >= 11 is 0. The van der Waals surface area contributed by atoms with Crippen molar-refractivity contribution in [1.29, 1.82) is 0 Å². The van der Waals surface area contributed by atoms with Crippen molar-refractivity contribution in [3.63, 3.8) is 0 Å². The van der Waals surface area contributed by atoms with Gasteiger partial charge in [-0.2, -0.15) is 0 Å². The summed E-state index contributed by atoms with van der Waals surface area (Å²) in [6.45, 7) is 2.14. The Morgan fingerprint density at radius 1 is 1.03 bits per heavy atom. The van der Waals surface area contributed by atoms with Gasteiger partial charge in [-0.1, -0.05) is 49.8 Å². The molecular weight excluding hydrogens is 378 g/mol. The zero-order valence-corrected chi connectivity index (χ0v) is 17.8. The number of rotatable bonds is 8. The smallest absolute Gasteiger partial charge is 0.313 e. The highest BCUT2D eigenvalue weighted by Gasteiger charge is 2.34. The first-order valence-corrected chi connectivity index (χ1v) is 10.4. The lowest BCUT2D eigenvalue weighted by atomic mass is 9.85. The summed E-state index contributed by atoms with van der Waals surface area (Å²) in [5, 5.41) is 3.06. The lowest BCUT2D eigenvalue weighted by Gasteiger charge is -2.22. The number of carbonyl (C=O) groups is 2. The highest BCUT2D eigenvalue weighted by atomic mass is 16.5. The molecular formula is C25H29NO4. The van der Waals surface area contributed by atoms with Crippen LogP contribution in [0.1, 0.15) is 47.2 Å². The second-order valence-corrected chi connectivity index (χ2v) is 7.59. The lowest BCUT2D eigenvalue weighted by Crippen LogP contribution is -2.33. The number of benzene rings is 2. The highest BCUT2D eigenvalue weighted by molar-refractivity contribution is 5.94. The number of aryl methyl sites for hydroxylation is 1. The molecule has 3 atom stereocenters. The number of hydrogen-bond acceptors (Lipinski definition) is 4. The summed E-state index contributed by atoms with van der Waals surface area (Å²) in [6, 6.07) is 15.1. The first kappa shape index (κ1) is 21.6. The van der Waals surface area contributed by atoms with Crippen molar-refractivity contribution in [2.45, 2.75) is 38.1 Å². The van der Waals surface area contributed by atoms with Crippen LogP contribution in [0.4, 0.5) is 0 Å². The monoisotopic (exact) mass is 407 g/mol. The number of carbonyl (C=O) groups excluding carboxylic acids is 2. The molecule has 0 fully saturated rings. The molecule has 1 amide bonds. The van der Waals surface area contributed by atoms with Crippen molar-refractivity contribution < 1.29 is 19.1 Å². The SMILES string of the molecule is CCCc1ccc(C(=O)N[C@@H]2C=C[C@H]([C@H](C(=O)OC)c3ccc(OC)cc3)C2)cc1. The van der Waals surface area contributed by atoms with Crippen LogP contribution < -0.4 is 10.1 Å². The van der Waals surface area contributed by atoms with Crippen LogP contribution in [0.3, 0.4) is 0 Å². The van der Waals surface area contributed by atoms with E-state index in [0.29, 0.717) is 12.0 Å². The molecule has 30 heavy (non-hydrogen) atoms. The fourth-order valence-corrected chi connectivity index (χ4v) is 3.94. The van der Waals surface area contributed by atoms with Gasteiger partial charge in [0.05, 0.1) is 20.1 Å². The summed E-state index contributed by atoms with van der Waals surface area (Å²) < 4.78 is 10.3. The second-order valence-electron chi connectivity index (χ2n) is 7.59. The van der Waals surface area contributed by atoms with Gasteiger partial charge in [0, 0.05) is 11.6 Å². The van der Waals surface area contributed by atoms with E-state index in [1.807, 2.05) is 60.7 Å². The number of allylic oxidation sites excluding steroid dienone is 1. The molecule has 1 aliphatic carbocycles. The summed E-state index contributed by atoms with van der Waals surface area (Å²) in [6.07, 6.45) is 6.70. The maximum atomic E-state index is 12.6. The first-order chi connectivity index (χ1) is 14.5. The Morgan fingerprint density at radius 3 is 2.33 bits per heavy atom. The molecule has 1 N–H and O–H groups in total. The average molecular weight is 408 g/mol. The molecule has 5 nitrogen and oxygen atoms in total. The van der Waals surface area contributed by atoms with Crippen LogP contribution in [-0.2, 0) is 16.0 Å². The van der Waals surface area contributed by atoms with E-state index in [2.05, 4.69) is 12.2 Å². The van der Waals surface area contributed by atoms with Gasteiger partial charge in [0.25, 0.3) is 5.91 Å². The van der Waals surface area contributed by atoms with Crippen LogP contribution in [0.15, 0.2) is 60.7 Å². The van der Waals surface area contributed by atoms with E-state index in [-0.39, 0.29) is 23.8 Å². The Bertz CT molecular complexity index is 886. The summed E-state index contributed by atoms with van der Waals surface area (Å²) in [7, 11) is 3.01. The molecule has 1 aliphatic rings. The number of amides is 1. The minimum Gasteiger partial charge on any atom is -0.497 e. The van der Waals surface area contributed by atoms with Crippen LogP contribution >= 0.6 is 0 Å². The fourth-order valence-electron chi connectivity index (χ4n) is 3.94. The maximum Gasteiger partial charge on any atom is 0.313 e. The van der Waals surface area contributed by atoms with Gasteiger partial charge in [-0.15, -0.1) is 0 Å². The van der Waals surface area contributed by atoms with E-state index >= 15 is 0 Å². The number of nitrogens with one attached hydrogen (secondary N) is 1. The average Bonchev–Trinajstić information content (AvgIpc) is 3.22. The first-order valence-electron chi connectivity index (χ1n) is 10.4. The predicted octanol–water partition coefficient (Wildman–Crippen LogP) is 4.28. The van der Waals surface area contributed by atoms with E-state index in [1.165, 1.54) is 12.7 Å². The van der Waals surface area contributed by atoms with Crippen LogP contribution in [0.25, 0.3) is 0 Å². The maximum absolute atomic E-state index is 12.6. The zero-order chi connectivity index (χ0) is 21.5. The van der Waals surface area contributed by atoms with Gasteiger partial charge in [-0.25, -0.2) is 0 Å². The molecule has 0 unspecified atom stereocenters. The molecule has 0 aromatic heterocycles. The van der Waals surface area contributed by atoms with Crippen molar-refractivity contribution in [2.24, 2.45) is 5.92 Å². The Kier molecular flexibility index (Phi) is 7.28. The van der Waals surface area contributed by atoms with Crippen molar-refractivity contribution in [2.75, 3.05) is 14.2 Å². The molecule has 158 valence electrons. The Balaban J connectivity index is 1.66. The largest absolute Gasteiger partial charge is 0.497 e. The third-order valence-electron chi connectivity index (χ3n) is 5.55. The summed E-state index contributed by atoms with van der Waals surface area (Å²) in [5.74, 6) is -0.129. The number of esters is 1. The fraction of sp³-hybridized carbons (Fsp3) is 0.360. The van der Waals surface area contributed by atoms with Crippen LogP contribution in [0.5, 0.6) is 5.75 Å². The second kappa shape index (κ2) is 10.1. The van der Waals surface area contributed by atoms with Crippen molar-refractivity contribution >= 4 is 11.9 Å². The van der Waals surface area contributed by atoms with Gasteiger partial charge in [-0.05, 0) is 54.2 Å². The molecule has 2 aromatic rings. The third-order valence-corrected chi connectivity index (χ3v) is 5.55. The van der Waals surface area contributed by atoms with E-state index in [0.717, 1.165) is 24.2 Å². The Hall–Kier alpha value is -3.08. The van der Waals surface area contributed by atoms with E-state index < -0.39 is 5.92 Å². The molecule has 0 aliphatic heterocycles. The molecule has 0 saturated heterocycles. The van der Waals surface area contributed by atoms with E-state index in [9.17, 15) is 9.59 Å². The van der Waals surface area contributed by atoms with Gasteiger partial charge < -0.3 is 14.8 Å². The lowest BCUT2D eigenvalue weighted by molar-refractivity contribution is -0.143. The number of methoxy groups -OCH3 is 2. The van der Waals surface area contributed by atoms with Crippen LogP contribution in [-0.4, -0.2) is 32.1 Å². The molecule has 0 saturated carbocycles. The summed E-state index contributed by atoms with van der Waals surface area (Å²) in [4.78, 5) is 25.1. The molecule has 3 rings (SSSR count). The number of ether oxygens (including phenoxy) is 2. The number of hydrogen-bond donors (Lipinski definition) is 1. The van der Waals surface area contributed by atoms with Crippen molar-refractivity contribution in [3.05, 3.63) is 77.4 Å². The third kappa shape index (κ3) is 5.09. The Morgan fingerprint density at radius 2 is 1.73 bits per heavy atom. The predicted molar refractivity (Wildman–Crippen MR) is 117 cm³/mol. The molecule has 0 spiro atoms. The van der Waals surface area contributed by atoms with Gasteiger partial charge in [-0.3, -0.25) is 9.59 Å². The van der Waals surface area contributed by atoms with Crippen molar-refractivity contribution in [1.82, 2.24) is 5.32 Å². The van der Waals surface area contributed by atoms with Crippen molar-refractivity contribution in [3.8, 4) is 5.75 Å². The van der Waals surface area contributed by atoms with Gasteiger partial charge in [0.2, 0.25) is 0 Å². The standard InChI is InChI=1S/C25H29NO4/c1-4-5-17-6-8-19(9-7-17)24(27)26-21-13-10-20(16-21)23(25(28)30-3)18-11-14-22(29-2)15-12-18/h6-15,20-21,23H,4-5,16H2,1-3H3,(H,26,27)/t20-,21+,23+/m0/s1. The van der Waals surface area contributed by atoms with E-state index in [1.54, 1.807) is 7.11 Å². The van der Waals surface area contributed by atoms with Gasteiger partial charge in [0.15, 0.2) is 0 Å². The molecule has 0 heterocycles. The summed E-state index contributed by atoms with van der Waals surface area (Å²) in [5.41, 5.74) is 2.75. The van der Waals surface area contributed by atoms with E-state index in [4.69, 9.17) is 9.47 Å². The Labute approximate surface area is 178 Å². The molecule has 2 aromatic carbocycles.